The Morgan fingerprint density at radius 1 is 1.00 bits per heavy atom. The number of benzene rings is 1. The van der Waals surface area contributed by atoms with Crippen molar-refractivity contribution < 1.29 is 30.7 Å². The molecule has 1 saturated heterocycles. The molecule has 28 heavy (non-hydrogen) atoms. The number of nitrogens with zero attached hydrogens (tertiary/aromatic N) is 2. The Kier molecular flexibility index (Phi) is 5.51. The van der Waals surface area contributed by atoms with Gasteiger partial charge in [-0.2, -0.15) is 30.7 Å². The highest BCUT2D eigenvalue weighted by Gasteiger charge is 2.37. The van der Waals surface area contributed by atoms with Crippen molar-refractivity contribution in [1.82, 2.24) is 10.3 Å². The molecule has 1 aliphatic rings. The molecule has 0 aliphatic carbocycles. The summed E-state index contributed by atoms with van der Waals surface area (Å²) in [4.78, 5) is 5.48. The van der Waals surface area contributed by atoms with Gasteiger partial charge in [0.05, 0.1) is 23.0 Å². The summed E-state index contributed by atoms with van der Waals surface area (Å²) >= 11 is 0. The average Bonchev–Trinajstić information content (AvgIpc) is 3.08. The third kappa shape index (κ3) is 4.92. The number of alkyl halides is 6. The number of hydrogen-bond acceptors (Lipinski definition) is 3. The Bertz CT molecular complexity index is 783. The van der Waals surface area contributed by atoms with Crippen molar-refractivity contribution in [2.24, 2.45) is 0 Å². The Balaban J connectivity index is 1.68. The lowest BCUT2D eigenvalue weighted by Gasteiger charge is -2.19. The van der Waals surface area contributed by atoms with Crippen LogP contribution in [0.1, 0.15) is 23.1 Å². The first-order chi connectivity index (χ1) is 13.0. The van der Waals surface area contributed by atoms with Gasteiger partial charge < -0.3 is 10.2 Å². The zero-order chi connectivity index (χ0) is 20.5. The lowest BCUT2D eigenvalue weighted by Crippen LogP contribution is -2.32. The van der Waals surface area contributed by atoms with Crippen LogP contribution in [0, 0.1) is 5.95 Å². The molecule has 2 heterocycles. The monoisotopic (exact) mass is 407 g/mol. The van der Waals surface area contributed by atoms with Crippen LogP contribution in [-0.2, 0) is 18.9 Å². The molecule has 152 valence electrons. The van der Waals surface area contributed by atoms with Crippen LogP contribution in [0.3, 0.4) is 0 Å². The van der Waals surface area contributed by atoms with Crippen molar-refractivity contribution in [3.05, 3.63) is 59.2 Å². The molecule has 10 heteroatoms. The van der Waals surface area contributed by atoms with Crippen LogP contribution in [0.2, 0.25) is 0 Å². The van der Waals surface area contributed by atoms with Crippen LogP contribution in [0.4, 0.5) is 36.4 Å². The van der Waals surface area contributed by atoms with Crippen LogP contribution in [0.5, 0.6) is 0 Å². The summed E-state index contributed by atoms with van der Waals surface area (Å²) in [5.41, 5.74) is -2.05. The largest absolute Gasteiger partial charge is 0.416 e. The van der Waals surface area contributed by atoms with E-state index in [0.29, 0.717) is 25.2 Å². The Morgan fingerprint density at radius 3 is 2.18 bits per heavy atom. The zero-order valence-corrected chi connectivity index (χ0v) is 14.4. The van der Waals surface area contributed by atoms with E-state index >= 15 is 0 Å². The van der Waals surface area contributed by atoms with Gasteiger partial charge in [0.2, 0.25) is 5.95 Å². The molecule has 2 aromatic rings. The standard InChI is InChI=1S/C18H16F7N3/c19-16-2-1-15(9-27-16)28-4-3-14(10-28)26-8-11-5-12(17(20,21)22)7-13(6-11)18(23,24)25/h1-2,5-7,9,14,26H,3-4,8,10H2/t14-/m0/s1. The van der Waals surface area contributed by atoms with Gasteiger partial charge in [0.25, 0.3) is 0 Å². The molecule has 3 rings (SSSR count). The first-order valence-corrected chi connectivity index (χ1v) is 8.40. The van der Waals surface area contributed by atoms with E-state index in [-0.39, 0.29) is 24.2 Å². The van der Waals surface area contributed by atoms with Crippen molar-refractivity contribution in [3.8, 4) is 0 Å². The van der Waals surface area contributed by atoms with Crippen molar-refractivity contribution in [2.45, 2.75) is 31.4 Å². The molecule has 1 N–H and O–H groups in total. The Labute approximate surface area is 156 Å². The molecule has 0 unspecified atom stereocenters. The van der Waals surface area contributed by atoms with Crippen molar-refractivity contribution in [3.63, 3.8) is 0 Å². The summed E-state index contributed by atoms with van der Waals surface area (Å²) in [7, 11) is 0. The molecule has 1 aromatic heterocycles. The number of anilines is 1. The van der Waals surface area contributed by atoms with Gasteiger partial charge in [-0.15, -0.1) is 0 Å². The topological polar surface area (TPSA) is 28.2 Å². The van der Waals surface area contributed by atoms with E-state index in [4.69, 9.17) is 0 Å². The lowest BCUT2D eigenvalue weighted by atomic mass is 10.0. The number of pyridine rings is 1. The van der Waals surface area contributed by atoms with Crippen LogP contribution in [0.25, 0.3) is 0 Å². The zero-order valence-electron chi connectivity index (χ0n) is 14.4. The quantitative estimate of drug-likeness (QED) is 0.592. The van der Waals surface area contributed by atoms with Gasteiger partial charge in [0.1, 0.15) is 0 Å². The molecule has 0 saturated carbocycles. The smallest absolute Gasteiger partial charge is 0.369 e. The minimum absolute atomic E-state index is 0.0935. The predicted molar refractivity (Wildman–Crippen MR) is 88.1 cm³/mol. The molecular weight excluding hydrogens is 391 g/mol. The number of hydrogen-bond donors (Lipinski definition) is 1. The van der Waals surface area contributed by atoms with Gasteiger partial charge in [-0.1, -0.05) is 0 Å². The summed E-state index contributed by atoms with van der Waals surface area (Å²) in [6.07, 6.45) is -7.71. The molecule has 1 fully saturated rings. The maximum absolute atomic E-state index is 12.9. The Hall–Kier alpha value is -2.36. The number of nitrogens with one attached hydrogen (secondary N) is 1. The normalized spacial score (nSPS) is 18.0. The molecule has 0 amide bonds. The minimum Gasteiger partial charge on any atom is -0.369 e. The molecule has 1 aliphatic heterocycles. The van der Waals surface area contributed by atoms with E-state index in [1.54, 1.807) is 6.07 Å². The van der Waals surface area contributed by atoms with Crippen molar-refractivity contribution >= 4 is 5.69 Å². The van der Waals surface area contributed by atoms with Crippen LogP contribution >= 0.6 is 0 Å². The fraction of sp³-hybridized carbons (Fsp3) is 0.389. The van der Waals surface area contributed by atoms with Gasteiger partial charge in [-0.3, -0.25) is 0 Å². The van der Waals surface area contributed by atoms with Crippen LogP contribution < -0.4 is 10.2 Å². The highest BCUT2D eigenvalue weighted by atomic mass is 19.4. The van der Waals surface area contributed by atoms with Crippen molar-refractivity contribution in [2.75, 3.05) is 18.0 Å². The van der Waals surface area contributed by atoms with E-state index in [0.717, 1.165) is 12.1 Å². The highest BCUT2D eigenvalue weighted by molar-refractivity contribution is 5.45. The maximum atomic E-state index is 12.9. The molecule has 0 spiro atoms. The molecule has 0 bridgehead atoms. The third-order valence-electron chi connectivity index (χ3n) is 4.51. The summed E-state index contributed by atoms with van der Waals surface area (Å²) in [5.74, 6) is -0.609. The fourth-order valence-electron chi connectivity index (χ4n) is 3.10. The molecule has 1 aromatic carbocycles. The number of aromatic nitrogens is 1. The number of halogens is 7. The SMILES string of the molecule is Fc1ccc(N2CC[C@H](NCc3cc(C(F)(F)F)cc(C(F)(F)F)c3)C2)cn1. The highest BCUT2D eigenvalue weighted by Crippen LogP contribution is 2.36. The molecule has 0 radical (unpaired) electrons. The molecule has 3 nitrogen and oxygen atoms in total. The van der Waals surface area contributed by atoms with Gasteiger partial charge >= 0.3 is 12.4 Å². The Morgan fingerprint density at radius 2 is 1.64 bits per heavy atom. The average molecular weight is 407 g/mol. The number of rotatable bonds is 4. The minimum atomic E-state index is -4.87. The van der Waals surface area contributed by atoms with Gasteiger partial charge in [0.15, 0.2) is 0 Å². The van der Waals surface area contributed by atoms with Gasteiger partial charge in [0, 0.05) is 25.7 Å². The van der Waals surface area contributed by atoms with Gasteiger partial charge in [-0.25, -0.2) is 4.98 Å². The van der Waals surface area contributed by atoms with E-state index in [1.165, 1.54) is 12.3 Å². The summed E-state index contributed by atoms with van der Waals surface area (Å²) in [6, 6.07) is 4.21. The third-order valence-corrected chi connectivity index (χ3v) is 4.51. The predicted octanol–water partition coefficient (Wildman–Crippen LogP) is 4.63. The summed E-state index contributed by atoms with van der Waals surface area (Å²) in [5, 5.41) is 3.00. The van der Waals surface area contributed by atoms with Gasteiger partial charge in [-0.05, 0) is 42.3 Å². The second-order valence-electron chi connectivity index (χ2n) is 6.57. The fourth-order valence-corrected chi connectivity index (χ4v) is 3.10. The van der Waals surface area contributed by atoms with E-state index in [9.17, 15) is 30.7 Å². The second kappa shape index (κ2) is 7.57. The van der Waals surface area contributed by atoms with E-state index < -0.39 is 29.4 Å². The lowest BCUT2D eigenvalue weighted by molar-refractivity contribution is -0.143. The summed E-state index contributed by atoms with van der Waals surface area (Å²) < 4.78 is 90.4. The first-order valence-electron chi connectivity index (χ1n) is 8.40. The molecular formula is C18H16F7N3. The second-order valence-corrected chi connectivity index (χ2v) is 6.57. The summed E-state index contributed by atoms with van der Waals surface area (Å²) in [6.45, 7) is 0.965. The molecule has 1 atom stereocenters. The van der Waals surface area contributed by atoms with E-state index in [2.05, 4.69) is 10.3 Å². The maximum Gasteiger partial charge on any atom is 0.416 e. The van der Waals surface area contributed by atoms with E-state index in [1.807, 2.05) is 4.90 Å². The first kappa shape index (κ1) is 20.4. The van der Waals surface area contributed by atoms with Crippen molar-refractivity contribution in [1.29, 1.82) is 0 Å². The van der Waals surface area contributed by atoms with Crippen LogP contribution in [-0.4, -0.2) is 24.1 Å². The van der Waals surface area contributed by atoms with Crippen LogP contribution in [0.15, 0.2) is 36.5 Å².